The number of benzene rings is 5. The molecule has 6 nitrogen and oxygen atoms in total. The van der Waals surface area contributed by atoms with Gasteiger partial charge in [0.05, 0.1) is 0 Å². The predicted octanol–water partition coefficient (Wildman–Crippen LogP) is 10.5. The zero-order valence-electron chi connectivity index (χ0n) is 29.4. The van der Waals surface area contributed by atoms with Gasteiger partial charge in [-0.05, 0) is 42.0 Å². The standard InChI is InChI=1S/C41H31N4O2.Pt/c1-41(2,3)26-19-27(44-25-43(4)35-14-8-9-15-36(35)44)21-29(20-26)46-28-17-18-31-30-11-5-7-13-34(30)45(37(31)22-28)40-23-39-33(24-42-40)32-12-6-10-16-38(32)47-39;/h5-20,23-25H,1-4H3;/q-3;/i4D3;. The molecule has 1 aliphatic heterocycles. The van der Waals surface area contributed by atoms with Gasteiger partial charge in [-0.3, -0.25) is 0 Å². The molecule has 4 heterocycles. The van der Waals surface area contributed by atoms with E-state index in [-0.39, 0.29) is 26.5 Å². The third kappa shape index (κ3) is 4.86. The van der Waals surface area contributed by atoms with Gasteiger partial charge in [0.2, 0.25) is 0 Å². The third-order valence-corrected chi connectivity index (χ3v) is 8.84. The van der Waals surface area contributed by atoms with E-state index in [0.29, 0.717) is 28.7 Å². The van der Waals surface area contributed by atoms with Crippen LogP contribution in [0.2, 0.25) is 0 Å². The Bertz CT molecular complexity index is 2620. The van der Waals surface area contributed by atoms with Gasteiger partial charge in [-0.25, -0.2) is 4.98 Å². The molecular formula is C41H31N4O2Pt-3. The van der Waals surface area contributed by atoms with Gasteiger partial charge in [-0.2, -0.15) is 12.7 Å². The molecule has 0 saturated heterocycles. The van der Waals surface area contributed by atoms with Crippen LogP contribution in [0.1, 0.15) is 30.4 Å². The number of aromatic nitrogens is 2. The first kappa shape index (κ1) is 26.9. The number of para-hydroxylation sites is 4. The molecule has 48 heavy (non-hydrogen) atoms. The van der Waals surface area contributed by atoms with E-state index in [1.807, 2.05) is 102 Å². The van der Waals surface area contributed by atoms with Crippen molar-refractivity contribution < 1.29 is 34.3 Å². The van der Waals surface area contributed by atoms with E-state index >= 15 is 0 Å². The number of hydrogen-bond acceptors (Lipinski definition) is 5. The van der Waals surface area contributed by atoms with Crippen molar-refractivity contribution in [3.05, 3.63) is 134 Å². The first-order valence-corrected chi connectivity index (χ1v) is 15.5. The quantitative estimate of drug-likeness (QED) is 0.166. The fourth-order valence-electron chi connectivity index (χ4n) is 6.47. The van der Waals surface area contributed by atoms with E-state index in [0.717, 1.165) is 55.0 Å². The van der Waals surface area contributed by atoms with Crippen molar-refractivity contribution in [1.82, 2.24) is 9.55 Å². The molecule has 0 saturated carbocycles. The number of anilines is 3. The molecule has 0 bridgehead atoms. The Morgan fingerprint density at radius 3 is 2.38 bits per heavy atom. The molecule has 3 aromatic heterocycles. The third-order valence-electron chi connectivity index (χ3n) is 8.84. The van der Waals surface area contributed by atoms with Crippen molar-refractivity contribution in [2.24, 2.45) is 0 Å². The van der Waals surface area contributed by atoms with Crippen LogP contribution < -0.4 is 14.5 Å². The van der Waals surface area contributed by atoms with E-state index in [1.54, 1.807) is 6.67 Å². The zero-order chi connectivity index (χ0) is 34.4. The minimum Gasteiger partial charge on any atom is -0.509 e. The Hall–Kier alpha value is -5.06. The molecule has 0 unspecified atom stereocenters. The SMILES string of the molecule is [2H]C([2H])([2H])N1[CH-]N(c2[c-]c(Oc3[c-]c4c(cc3)c3ccccc3n4-c3cc4oc5ccccc5c4cn3)cc(C(C)(C)C)c2)c2ccccc21.[Pt]. The molecular weight excluding hydrogens is 776 g/mol. The summed E-state index contributed by atoms with van der Waals surface area (Å²) in [5.41, 5.74) is 6.19. The second kappa shape index (κ2) is 11.3. The monoisotopic (exact) mass is 809 g/mol. The fraction of sp³-hybridized carbons (Fsp3) is 0.122. The van der Waals surface area contributed by atoms with Crippen LogP contribution in [0.15, 0.2) is 114 Å². The minimum atomic E-state index is -2.35. The number of furan rings is 1. The van der Waals surface area contributed by atoms with Crippen LogP contribution in [-0.2, 0) is 26.5 Å². The number of nitrogens with zero attached hydrogens (tertiary/aromatic N) is 4. The van der Waals surface area contributed by atoms with Crippen molar-refractivity contribution in [2.75, 3.05) is 16.8 Å². The zero-order valence-corrected chi connectivity index (χ0v) is 28.7. The molecule has 0 atom stereocenters. The maximum Gasteiger partial charge on any atom is 0.140 e. The van der Waals surface area contributed by atoms with Crippen molar-refractivity contribution in [1.29, 1.82) is 0 Å². The molecule has 5 aromatic carbocycles. The van der Waals surface area contributed by atoms with Crippen LogP contribution in [-0.4, -0.2) is 16.5 Å². The summed E-state index contributed by atoms with van der Waals surface area (Å²) < 4.78 is 39.3. The van der Waals surface area contributed by atoms with Gasteiger partial charge in [-0.1, -0.05) is 74.8 Å². The maximum atomic E-state index is 8.15. The van der Waals surface area contributed by atoms with Gasteiger partial charge in [-0.15, -0.1) is 47.0 Å². The molecule has 0 N–H and O–H groups in total. The summed E-state index contributed by atoms with van der Waals surface area (Å²) in [5.74, 6) is 1.71. The van der Waals surface area contributed by atoms with Crippen molar-refractivity contribution in [3.63, 3.8) is 0 Å². The molecule has 0 fully saturated rings. The molecule has 0 radical (unpaired) electrons. The van der Waals surface area contributed by atoms with Crippen molar-refractivity contribution in [3.8, 4) is 17.3 Å². The van der Waals surface area contributed by atoms with Crippen molar-refractivity contribution in [2.45, 2.75) is 26.2 Å². The maximum absolute atomic E-state index is 8.15. The molecule has 7 heteroatoms. The van der Waals surface area contributed by atoms with Crippen LogP contribution in [0.5, 0.6) is 11.5 Å². The van der Waals surface area contributed by atoms with Gasteiger partial charge in [0, 0.05) is 76.6 Å². The Labute approximate surface area is 297 Å². The van der Waals surface area contributed by atoms with E-state index in [1.165, 1.54) is 4.90 Å². The van der Waals surface area contributed by atoms with Gasteiger partial charge in [0.25, 0.3) is 0 Å². The summed E-state index contributed by atoms with van der Waals surface area (Å²) in [6, 6.07) is 40.6. The average molecular weight is 810 g/mol. The summed E-state index contributed by atoms with van der Waals surface area (Å²) in [4.78, 5) is 8.08. The fourth-order valence-corrected chi connectivity index (χ4v) is 6.47. The molecule has 0 spiro atoms. The summed E-state index contributed by atoms with van der Waals surface area (Å²) in [6.45, 7) is 5.67. The Morgan fingerprint density at radius 1 is 0.771 bits per heavy atom. The number of ether oxygens (including phenoxy) is 1. The first-order valence-electron chi connectivity index (χ1n) is 17.0. The molecule has 1 aliphatic rings. The Balaban J connectivity index is 0.00000374. The van der Waals surface area contributed by atoms with E-state index in [9.17, 15) is 0 Å². The topological polar surface area (TPSA) is 46.7 Å². The van der Waals surface area contributed by atoms with Crippen LogP contribution >= 0.6 is 0 Å². The second-order valence-corrected chi connectivity index (χ2v) is 12.9. The van der Waals surface area contributed by atoms with Gasteiger partial charge in [0.15, 0.2) is 0 Å². The molecule has 0 aliphatic carbocycles. The van der Waals surface area contributed by atoms with Crippen LogP contribution in [0.3, 0.4) is 0 Å². The van der Waals surface area contributed by atoms with Crippen molar-refractivity contribution >= 4 is 60.8 Å². The Morgan fingerprint density at radius 2 is 1.54 bits per heavy atom. The summed E-state index contributed by atoms with van der Waals surface area (Å²) in [6.07, 6.45) is 1.87. The second-order valence-electron chi connectivity index (χ2n) is 12.9. The predicted molar refractivity (Wildman–Crippen MR) is 190 cm³/mol. The number of hydrogen-bond donors (Lipinski definition) is 0. The number of rotatable bonds is 4. The van der Waals surface area contributed by atoms with Gasteiger partial charge >= 0.3 is 0 Å². The van der Waals surface area contributed by atoms with E-state index in [4.69, 9.17) is 18.3 Å². The van der Waals surface area contributed by atoms with E-state index < -0.39 is 6.98 Å². The van der Waals surface area contributed by atoms with Gasteiger partial charge < -0.3 is 23.5 Å². The normalized spacial score (nSPS) is 14.3. The van der Waals surface area contributed by atoms with E-state index in [2.05, 4.69) is 49.6 Å². The number of fused-ring (bicyclic) bond motifs is 7. The molecule has 0 amide bonds. The summed E-state index contributed by atoms with van der Waals surface area (Å²) >= 11 is 0. The largest absolute Gasteiger partial charge is 0.509 e. The Kier molecular flexibility index (Phi) is 6.33. The molecule has 9 rings (SSSR count). The summed E-state index contributed by atoms with van der Waals surface area (Å²) in [7, 11) is 0. The summed E-state index contributed by atoms with van der Waals surface area (Å²) in [5, 5.41) is 4.08. The average Bonchev–Trinajstić information content (AvgIpc) is 3.77. The number of pyridine rings is 1. The smallest absolute Gasteiger partial charge is 0.140 e. The van der Waals surface area contributed by atoms with Crippen LogP contribution in [0, 0.1) is 18.8 Å². The first-order chi connectivity index (χ1) is 24.0. The molecule has 8 aromatic rings. The van der Waals surface area contributed by atoms with Crippen LogP contribution in [0.4, 0.5) is 17.1 Å². The minimum absolute atomic E-state index is 0. The van der Waals surface area contributed by atoms with Crippen LogP contribution in [0.25, 0.3) is 49.6 Å². The van der Waals surface area contributed by atoms with Gasteiger partial charge in [0.1, 0.15) is 17.0 Å². The molecule has 240 valence electrons.